The Hall–Kier alpha value is -1.72. The number of aliphatic hydroxyl groups excluding tert-OH is 1. The van der Waals surface area contributed by atoms with E-state index in [1.807, 2.05) is 10.4 Å². The van der Waals surface area contributed by atoms with E-state index in [1.54, 1.807) is 6.26 Å². The van der Waals surface area contributed by atoms with Crippen molar-refractivity contribution in [3.63, 3.8) is 0 Å². The lowest BCUT2D eigenvalue weighted by molar-refractivity contribution is 0.265. The first-order valence-electron chi connectivity index (χ1n) is 11.6. The van der Waals surface area contributed by atoms with Crippen molar-refractivity contribution >= 4 is 40.0 Å². The Morgan fingerprint density at radius 1 is 1.18 bits per heavy atom. The van der Waals surface area contributed by atoms with Gasteiger partial charge in [-0.1, -0.05) is 18.2 Å². The van der Waals surface area contributed by atoms with E-state index in [-0.39, 0.29) is 17.6 Å². The second-order valence-electron chi connectivity index (χ2n) is 9.76. The van der Waals surface area contributed by atoms with Crippen LogP contribution in [0, 0.1) is 0 Å². The molecule has 33 heavy (non-hydrogen) atoms. The zero-order valence-corrected chi connectivity index (χ0v) is 20.4. The first-order chi connectivity index (χ1) is 15.9. The molecule has 2 atom stereocenters. The Bertz CT molecular complexity index is 1070. The van der Waals surface area contributed by atoms with E-state index >= 15 is 0 Å². The molecule has 1 aliphatic carbocycles. The quantitative estimate of drug-likeness (QED) is 0.614. The van der Waals surface area contributed by atoms with Crippen molar-refractivity contribution in [3.05, 3.63) is 35.5 Å². The van der Waals surface area contributed by atoms with Crippen molar-refractivity contribution in [2.75, 3.05) is 52.8 Å². The number of fused-ring (bicyclic) bond motifs is 3. The lowest BCUT2D eigenvalue weighted by Gasteiger charge is -2.39. The molecule has 2 fully saturated rings. The molecule has 0 bridgehead atoms. The highest BCUT2D eigenvalue weighted by Gasteiger charge is 2.48. The first-order valence-corrected chi connectivity index (χ1v) is 14.4. The molecule has 10 heteroatoms. The molecule has 2 aromatic rings. The topological polar surface area (TPSA) is 111 Å². The lowest BCUT2D eigenvalue weighted by atomic mass is 9.74. The third-order valence-corrected chi connectivity index (χ3v) is 10.1. The predicted octanol–water partition coefficient (Wildman–Crippen LogP) is 1.73. The SMILES string of the molecule is C[S+]([O-])N1CC2(CCN(c3nc4c(c(NC5(CO)CC5)n3)[S+]([O-])CC4)CC2)c2ccccc21. The fourth-order valence-corrected chi connectivity index (χ4v) is 7.68. The van der Waals surface area contributed by atoms with E-state index in [9.17, 15) is 14.2 Å². The molecule has 6 rings (SSSR count). The minimum absolute atomic E-state index is 0.00692. The standard InChI is InChI=1S/C23H29N5O3S2/c1-32(30)28-14-22(16-4-2-3-5-18(16)28)9-11-27(12-10-22)21-24-17-6-13-33(31)19(17)20(25-21)26-23(15-29)7-8-23/h2-5,29H,6-15H2,1H3,(H,24,25,26). The molecule has 1 saturated heterocycles. The van der Waals surface area contributed by atoms with Gasteiger partial charge in [0.05, 0.1) is 35.7 Å². The molecule has 4 aliphatic rings. The summed E-state index contributed by atoms with van der Waals surface area (Å²) >= 11 is -2.14. The van der Waals surface area contributed by atoms with Crippen LogP contribution in [0.3, 0.4) is 0 Å². The minimum atomic E-state index is -1.09. The number of benzene rings is 1. The Balaban J connectivity index is 1.27. The van der Waals surface area contributed by atoms with E-state index < -0.39 is 22.5 Å². The maximum Gasteiger partial charge on any atom is 0.227 e. The molecule has 2 unspecified atom stereocenters. The van der Waals surface area contributed by atoms with E-state index in [1.165, 1.54) is 5.56 Å². The number of nitrogens with zero attached hydrogens (tertiary/aromatic N) is 4. The predicted molar refractivity (Wildman–Crippen MR) is 131 cm³/mol. The molecular formula is C23H29N5O3S2. The summed E-state index contributed by atoms with van der Waals surface area (Å²) in [6.07, 6.45) is 6.11. The molecule has 0 amide bonds. The Morgan fingerprint density at radius 2 is 1.94 bits per heavy atom. The summed E-state index contributed by atoms with van der Waals surface area (Å²) in [6, 6.07) is 8.35. The number of aryl methyl sites for hydroxylation is 1. The van der Waals surface area contributed by atoms with Crippen molar-refractivity contribution in [2.24, 2.45) is 0 Å². The van der Waals surface area contributed by atoms with Crippen LogP contribution in [0.2, 0.25) is 0 Å². The van der Waals surface area contributed by atoms with Gasteiger partial charge in [0.1, 0.15) is 17.7 Å². The molecule has 1 aromatic carbocycles. The summed E-state index contributed by atoms with van der Waals surface area (Å²) in [5.74, 6) is 1.90. The highest BCUT2D eigenvalue weighted by atomic mass is 32.2. The highest BCUT2D eigenvalue weighted by Crippen LogP contribution is 2.48. The second-order valence-corrected chi connectivity index (χ2v) is 12.6. The van der Waals surface area contributed by atoms with Crippen LogP contribution in [0.4, 0.5) is 17.5 Å². The summed E-state index contributed by atoms with van der Waals surface area (Å²) in [5, 5.41) is 13.2. The van der Waals surface area contributed by atoms with Crippen molar-refractivity contribution in [1.29, 1.82) is 0 Å². The largest absolute Gasteiger partial charge is 0.611 e. The van der Waals surface area contributed by atoms with Crippen LogP contribution in [0.1, 0.15) is 36.9 Å². The Morgan fingerprint density at radius 3 is 2.64 bits per heavy atom. The van der Waals surface area contributed by atoms with E-state index in [4.69, 9.17) is 9.97 Å². The van der Waals surface area contributed by atoms with Gasteiger partial charge in [0.15, 0.2) is 5.82 Å². The number of anilines is 3. The Kier molecular flexibility index (Phi) is 5.22. The molecule has 1 spiro atoms. The van der Waals surface area contributed by atoms with Crippen molar-refractivity contribution in [3.8, 4) is 0 Å². The zero-order valence-electron chi connectivity index (χ0n) is 18.7. The van der Waals surface area contributed by atoms with Crippen LogP contribution in [-0.2, 0) is 34.4 Å². The maximum absolute atomic E-state index is 12.6. The van der Waals surface area contributed by atoms with Gasteiger partial charge in [0.25, 0.3) is 0 Å². The number of hydrogen-bond donors (Lipinski definition) is 2. The molecule has 1 aromatic heterocycles. The fraction of sp³-hybridized carbons (Fsp3) is 0.565. The number of aromatic nitrogens is 2. The summed E-state index contributed by atoms with van der Waals surface area (Å²) < 4.78 is 27.0. The van der Waals surface area contributed by atoms with E-state index in [2.05, 4.69) is 28.4 Å². The third-order valence-electron chi connectivity index (χ3n) is 7.72. The van der Waals surface area contributed by atoms with Gasteiger partial charge in [-0.25, -0.2) is 4.98 Å². The summed E-state index contributed by atoms with van der Waals surface area (Å²) in [7, 11) is 0. The number of piperidine rings is 1. The van der Waals surface area contributed by atoms with Gasteiger partial charge in [0, 0.05) is 24.9 Å². The van der Waals surface area contributed by atoms with Crippen LogP contribution in [-0.4, -0.2) is 68.0 Å². The van der Waals surface area contributed by atoms with E-state index in [0.29, 0.717) is 23.9 Å². The molecule has 176 valence electrons. The number of para-hydroxylation sites is 1. The molecular weight excluding hydrogens is 458 g/mol. The molecule has 1 saturated carbocycles. The molecule has 0 radical (unpaired) electrons. The van der Waals surface area contributed by atoms with Crippen molar-refractivity contribution in [1.82, 2.24) is 9.97 Å². The van der Waals surface area contributed by atoms with Crippen LogP contribution < -0.4 is 14.5 Å². The lowest BCUT2D eigenvalue weighted by Crippen LogP contribution is -2.46. The van der Waals surface area contributed by atoms with Gasteiger partial charge in [-0.3, -0.25) is 0 Å². The Labute approximate surface area is 200 Å². The number of aliphatic hydroxyl groups is 1. The second kappa shape index (κ2) is 7.91. The molecule has 3 aliphatic heterocycles. The zero-order chi connectivity index (χ0) is 22.8. The summed E-state index contributed by atoms with van der Waals surface area (Å²) in [4.78, 5) is 12.6. The number of rotatable bonds is 5. The van der Waals surface area contributed by atoms with E-state index in [0.717, 1.165) is 61.6 Å². The van der Waals surface area contributed by atoms with Crippen LogP contribution in [0.15, 0.2) is 29.2 Å². The van der Waals surface area contributed by atoms with Crippen LogP contribution in [0.25, 0.3) is 0 Å². The monoisotopic (exact) mass is 487 g/mol. The smallest absolute Gasteiger partial charge is 0.227 e. The number of hydrogen-bond acceptors (Lipinski definition) is 8. The van der Waals surface area contributed by atoms with Gasteiger partial charge in [-0.05, 0) is 48.5 Å². The molecule has 2 N–H and O–H groups in total. The molecule has 4 heterocycles. The van der Waals surface area contributed by atoms with Gasteiger partial charge >= 0.3 is 0 Å². The third kappa shape index (κ3) is 3.58. The maximum atomic E-state index is 12.6. The molecule has 8 nitrogen and oxygen atoms in total. The normalized spacial score (nSPS) is 25.2. The number of nitrogens with one attached hydrogen (secondary N) is 1. The fourth-order valence-electron chi connectivity index (χ4n) is 5.51. The first kappa shape index (κ1) is 21.8. The average Bonchev–Trinajstić information content (AvgIpc) is 3.39. The summed E-state index contributed by atoms with van der Waals surface area (Å²) in [5.41, 5.74) is 2.92. The van der Waals surface area contributed by atoms with Gasteiger partial charge in [-0.15, -0.1) is 0 Å². The van der Waals surface area contributed by atoms with Gasteiger partial charge in [0.2, 0.25) is 10.8 Å². The van der Waals surface area contributed by atoms with Gasteiger partial charge < -0.3 is 24.4 Å². The average molecular weight is 488 g/mol. The highest BCUT2D eigenvalue weighted by molar-refractivity contribution is 7.92. The van der Waals surface area contributed by atoms with Crippen molar-refractivity contribution < 1.29 is 14.2 Å². The minimum Gasteiger partial charge on any atom is -0.611 e. The summed E-state index contributed by atoms with van der Waals surface area (Å²) in [6.45, 7) is 2.45. The van der Waals surface area contributed by atoms with Crippen LogP contribution >= 0.6 is 0 Å². The van der Waals surface area contributed by atoms with Gasteiger partial charge in [-0.2, -0.15) is 9.29 Å². The van der Waals surface area contributed by atoms with Crippen LogP contribution in [0.5, 0.6) is 0 Å². The van der Waals surface area contributed by atoms with Crippen molar-refractivity contribution in [2.45, 2.75) is 48.0 Å².